The predicted molar refractivity (Wildman–Crippen MR) is 212 cm³/mol. The van der Waals surface area contributed by atoms with E-state index in [-0.39, 0.29) is 17.1 Å². The number of rotatable bonds is 4. The average Bonchev–Trinajstić information content (AvgIpc) is 3.39. The zero-order valence-electron chi connectivity index (χ0n) is 27.5. The Morgan fingerprint density at radius 1 is 0.333 bits per heavy atom. The third kappa shape index (κ3) is 4.90. The van der Waals surface area contributed by atoms with Crippen molar-refractivity contribution < 1.29 is 9.59 Å². The molecule has 51 heavy (non-hydrogen) atoms. The van der Waals surface area contributed by atoms with Crippen LogP contribution in [0.1, 0.15) is 26.3 Å². The van der Waals surface area contributed by atoms with Crippen LogP contribution in [0.15, 0.2) is 175 Å². The summed E-state index contributed by atoms with van der Waals surface area (Å²) in [6.45, 7) is 0. The van der Waals surface area contributed by atoms with Crippen molar-refractivity contribution in [2.75, 3.05) is 4.90 Å². The second-order valence-electron chi connectivity index (χ2n) is 13.3. The number of nitrogens with zero attached hydrogens (tertiary/aromatic N) is 1. The summed E-state index contributed by atoms with van der Waals surface area (Å²) >= 11 is 0. The minimum absolute atomic E-state index is 0.211. The van der Waals surface area contributed by atoms with E-state index < -0.39 is 0 Å². The molecule has 0 saturated heterocycles. The second kappa shape index (κ2) is 11.4. The molecule has 0 bridgehead atoms. The van der Waals surface area contributed by atoms with Crippen LogP contribution in [0.25, 0.3) is 59.9 Å². The summed E-state index contributed by atoms with van der Waals surface area (Å²) in [5.74, 6) is -0.434. The molecule has 0 spiro atoms. The lowest BCUT2D eigenvalue weighted by Crippen LogP contribution is -2.10. The molecule has 9 aromatic carbocycles. The highest BCUT2D eigenvalue weighted by Gasteiger charge is 2.33. The van der Waals surface area contributed by atoms with E-state index in [1.54, 1.807) is 6.08 Å². The van der Waals surface area contributed by atoms with Crippen LogP contribution < -0.4 is 4.90 Å². The van der Waals surface area contributed by atoms with Gasteiger partial charge in [-0.2, -0.15) is 0 Å². The van der Waals surface area contributed by atoms with Gasteiger partial charge in [-0.3, -0.25) is 9.59 Å². The normalized spacial score (nSPS) is 12.7. The minimum atomic E-state index is -0.217. The topological polar surface area (TPSA) is 37.4 Å². The summed E-state index contributed by atoms with van der Waals surface area (Å²) in [5, 5.41) is 11.2. The molecule has 0 saturated carbocycles. The number of allylic oxidation sites excluding steroid dienone is 1. The van der Waals surface area contributed by atoms with Gasteiger partial charge in [-0.1, -0.05) is 103 Å². The first-order chi connectivity index (χ1) is 25.1. The van der Waals surface area contributed by atoms with Crippen LogP contribution >= 0.6 is 0 Å². The summed E-state index contributed by atoms with van der Waals surface area (Å²) in [6.07, 6.45) is 1.74. The molecule has 3 nitrogen and oxygen atoms in total. The first-order valence-corrected chi connectivity index (χ1v) is 17.2. The number of anilines is 3. The zero-order chi connectivity index (χ0) is 34.1. The molecule has 1 aliphatic rings. The summed E-state index contributed by atoms with van der Waals surface area (Å²) < 4.78 is 0. The Morgan fingerprint density at radius 3 is 1.27 bits per heavy atom. The lowest BCUT2D eigenvalue weighted by molar-refractivity contribution is 0.0990. The van der Waals surface area contributed by atoms with Crippen LogP contribution in [0.5, 0.6) is 0 Å². The number of ketones is 2. The SMILES string of the molecule is O=C1C(=Cc2ccc3cc(N(c4ccc5ccccc5c4)c4ccc5cc6ccccc6cc5c4)ccc3c2)C(=O)c2cc3ccccc3cc21. The molecule has 1 aliphatic carbocycles. The van der Waals surface area contributed by atoms with Gasteiger partial charge in [0.2, 0.25) is 0 Å². The third-order valence-corrected chi connectivity index (χ3v) is 10.2. The molecule has 3 heteroatoms. The van der Waals surface area contributed by atoms with E-state index in [1.807, 2.05) is 48.5 Å². The highest BCUT2D eigenvalue weighted by molar-refractivity contribution is 6.42. The number of hydrogen-bond acceptors (Lipinski definition) is 3. The van der Waals surface area contributed by atoms with Crippen molar-refractivity contribution in [1.29, 1.82) is 0 Å². The van der Waals surface area contributed by atoms with Gasteiger partial charge in [0.1, 0.15) is 0 Å². The van der Waals surface area contributed by atoms with Crippen LogP contribution in [0.2, 0.25) is 0 Å². The van der Waals surface area contributed by atoms with E-state index >= 15 is 0 Å². The van der Waals surface area contributed by atoms with E-state index in [0.717, 1.165) is 44.2 Å². The van der Waals surface area contributed by atoms with Crippen LogP contribution in [-0.2, 0) is 0 Å². The van der Waals surface area contributed by atoms with Crippen molar-refractivity contribution >= 4 is 88.6 Å². The second-order valence-corrected chi connectivity index (χ2v) is 13.3. The van der Waals surface area contributed by atoms with Crippen LogP contribution in [0.3, 0.4) is 0 Å². The van der Waals surface area contributed by atoms with Gasteiger partial charge in [0.25, 0.3) is 0 Å². The molecular formula is C48H29NO2. The molecule has 0 heterocycles. The number of fused-ring (bicyclic) bond motifs is 6. The van der Waals surface area contributed by atoms with E-state index in [2.05, 4.69) is 126 Å². The van der Waals surface area contributed by atoms with Gasteiger partial charge in [0, 0.05) is 28.2 Å². The lowest BCUT2D eigenvalue weighted by Gasteiger charge is -2.26. The smallest absolute Gasteiger partial charge is 0.197 e. The number of carbonyl (C=O) groups excluding carboxylic acids is 2. The quantitative estimate of drug-likeness (QED) is 0.108. The summed E-state index contributed by atoms with van der Waals surface area (Å²) in [5.41, 5.74) is 5.16. The Hall–Kier alpha value is -6.84. The number of Topliss-reactive ketones (excluding diaryl/α,β-unsaturated/α-hetero) is 2. The fraction of sp³-hybridized carbons (Fsp3) is 0. The minimum Gasteiger partial charge on any atom is -0.310 e. The van der Waals surface area contributed by atoms with Gasteiger partial charge in [0.05, 0.1) is 5.57 Å². The van der Waals surface area contributed by atoms with Gasteiger partial charge in [-0.15, -0.1) is 0 Å². The van der Waals surface area contributed by atoms with Crippen molar-refractivity contribution in [3.63, 3.8) is 0 Å². The molecule has 0 atom stereocenters. The van der Waals surface area contributed by atoms with Crippen molar-refractivity contribution in [3.05, 3.63) is 192 Å². The summed E-state index contributed by atoms with van der Waals surface area (Å²) in [6, 6.07) is 58.8. The molecule has 0 N–H and O–H groups in total. The van der Waals surface area contributed by atoms with Crippen molar-refractivity contribution in [3.8, 4) is 0 Å². The zero-order valence-corrected chi connectivity index (χ0v) is 27.5. The molecule has 238 valence electrons. The largest absolute Gasteiger partial charge is 0.310 e. The Kier molecular flexibility index (Phi) is 6.49. The Balaban J connectivity index is 1.06. The van der Waals surface area contributed by atoms with Gasteiger partial charge < -0.3 is 4.90 Å². The van der Waals surface area contributed by atoms with E-state index in [0.29, 0.717) is 11.1 Å². The van der Waals surface area contributed by atoms with Crippen molar-refractivity contribution in [2.24, 2.45) is 0 Å². The number of carbonyl (C=O) groups is 2. The lowest BCUT2D eigenvalue weighted by atomic mass is 10.0. The van der Waals surface area contributed by atoms with E-state index in [9.17, 15) is 9.59 Å². The molecule has 0 aliphatic heterocycles. The molecule has 10 rings (SSSR count). The predicted octanol–water partition coefficient (Wildman–Crippen LogP) is 12.4. The summed E-state index contributed by atoms with van der Waals surface area (Å²) in [4.78, 5) is 29.2. The fourth-order valence-electron chi connectivity index (χ4n) is 7.62. The van der Waals surface area contributed by atoms with Gasteiger partial charge >= 0.3 is 0 Å². The maximum absolute atomic E-state index is 13.4. The Bertz CT molecular complexity index is 2910. The standard InChI is InChI=1S/C48H29NO2/c50-47-44-28-35-11-5-6-12-36(35)29-45(44)48(51)46(47)22-30-13-14-39-26-42(19-16-37(39)21-30)49(41-18-15-31-7-1-2-10-34(31)25-41)43-20-17-38-23-32-8-3-4-9-33(32)24-40(38)27-43/h1-29H. The Labute approximate surface area is 294 Å². The van der Waals surface area contributed by atoms with E-state index in [1.165, 1.54) is 32.3 Å². The number of benzene rings is 9. The van der Waals surface area contributed by atoms with Crippen LogP contribution in [0.4, 0.5) is 17.1 Å². The first kappa shape index (κ1) is 29.1. The monoisotopic (exact) mass is 651 g/mol. The maximum Gasteiger partial charge on any atom is 0.197 e. The molecule has 0 fully saturated rings. The van der Waals surface area contributed by atoms with Gasteiger partial charge in [-0.05, 0) is 132 Å². The molecule has 0 unspecified atom stereocenters. The van der Waals surface area contributed by atoms with Gasteiger partial charge in [0.15, 0.2) is 11.6 Å². The van der Waals surface area contributed by atoms with Crippen LogP contribution in [-0.4, -0.2) is 11.6 Å². The van der Waals surface area contributed by atoms with Gasteiger partial charge in [-0.25, -0.2) is 0 Å². The van der Waals surface area contributed by atoms with E-state index in [4.69, 9.17) is 0 Å². The fourth-order valence-corrected chi connectivity index (χ4v) is 7.62. The molecular weight excluding hydrogens is 623 g/mol. The first-order valence-electron chi connectivity index (χ1n) is 17.2. The van der Waals surface area contributed by atoms with Crippen LogP contribution in [0, 0.1) is 0 Å². The maximum atomic E-state index is 13.4. The average molecular weight is 652 g/mol. The Morgan fingerprint density at radius 2 is 0.706 bits per heavy atom. The van der Waals surface area contributed by atoms with Crippen molar-refractivity contribution in [2.45, 2.75) is 0 Å². The molecule has 0 radical (unpaired) electrons. The highest BCUT2D eigenvalue weighted by Crippen LogP contribution is 2.40. The summed E-state index contributed by atoms with van der Waals surface area (Å²) in [7, 11) is 0. The van der Waals surface area contributed by atoms with Crippen molar-refractivity contribution in [1.82, 2.24) is 0 Å². The third-order valence-electron chi connectivity index (χ3n) is 10.2. The molecule has 0 aromatic heterocycles. The molecule has 9 aromatic rings. The highest BCUT2D eigenvalue weighted by atomic mass is 16.2. The molecule has 0 amide bonds. The number of hydrogen-bond donors (Lipinski definition) is 0.